The fourth-order valence-electron chi connectivity index (χ4n) is 3.87. The lowest BCUT2D eigenvalue weighted by Gasteiger charge is -2.32. The Morgan fingerprint density at radius 3 is 2.15 bits per heavy atom. The number of carbonyl (C=O) groups is 2. The summed E-state index contributed by atoms with van der Waals surface area (Å²) >= 11 is 0. The Labute approximate surface area is 157 Å². The van der Waals surface area contributed by atoms with E-state index in [0.29, 0.717) is 6.04 Å². The number of amides is 2. The molecule has 5 nitrogen and oxygen atoms in total. The molecule has 1 fully saturated rings. The van der Waals surface area contributed by atoms with Crippen LogP contribution in [0.5, 0.6) is 0 Å². The van der Waals surface area contributed by atoms with Crippen molar-refractivity contribution in [1.29, 1.82) is 0 Å². The average molecular weight is 360 g/mol. The highest BCUT2D eigenvalue weighted by molar-refractivity contribution is 5.94. The first-order chi connectivity index (χ1) is 12.3. The molecule has 1 saturated carbocycles. The van der Waals surface area contributed by atoms with Crippen molar-refractivity contribution >= 4 is 17.5 Å². The zero-order chi connectivity index (χ0) is 19.3. The van der Waals surface area contributed by atoms with Crippen molar-refractivity contribution in [2.75, 3.05) is 32.5 Å². The van der Waals surface area contributed by atoms with Crippen LogP contribution in [0.2, 0.25) is 0 Å². The smallest absolute Gasteiger partial charge is 0.238 e. The summed E-state index contributed by atoms with van der Waals surface area (Å²) in [5, 5.41) is 3.00. The number of nitrogens with one attached hydrogen (secondary N) is 1. The maximum Gasteiger partial charge on any atom is 0.238 e. The molecule has 2 rings (SSSR count). The molecule has 0 saturated heterocycles. The predicted octanol–water partition coefficient (Wildman–Crippen LogP) is 3.27. The number of aryl methyl sites for hydroxylation is 3. The van der Waals surface area contributed by atoms with Gasteiger partial charge in [0.1, 0.15) is 0 Å². The Kier molecular flexibility index (Phi) is 7.21. The molecule has 5 heteroatoms. The fourth-order valence-corrected chi connectivity index (χ4v) is 3.87. The van der Waals surface area contributed by atoms with Crippen LogP contribution in [-0.4, -0.2) is 54.8 Å². The molecule has 2 amide bonds. The van der Waals surface area contributed by atoms with Gasteiger partial charge in [-0.2, -0.15) is 0 Å². The van der Waals surface area contributed by atoms with Gasteiger partial charge in [-0.3, -0.25) is 14.5 Å². The SMILES string of the molecule is Cc1cc(C)c(NC(=O)CN(C)CC(=O)N(C)C2CCCCC2)c(C)c1. The molecular formula is C21H33N3O2. The second kappa shape index (κ2) is 9.17. The van der Waals surface area contributed by atoms with Gasteiger partial charge in [-0.25, -0.2) is 0 Å². The van der Waals surface area contributed by atoms with Crippen LogP contribution in [0, 0.1) is 20.8 Å². The highest BCUT2D eigenvalue weighted by Gasteiger charge is 2.23. The first-order valence-corrected chi connectivity index (χ1v) is 9.60. The summed E-state index contributed by atoms with van der Waals surface area (Å²) in [4.78, 5) is 28.5. The molecule has 0 radical (unpaired) electrons. The van der Waals surface area contributed by atoms with Gasteiger partial charge in [-0.05, 0) is 51.8 Å². The van der Waals surface area contributed by atoms with Gasteiger partial charge in [-0.15, -0.1) is 0 Å². The molecule has 26 heavy (non-hydrogen) atoms. The monoisotopic (exact) mass is 359 g/mol. The van der Waals surface area contributed by atoms with E-state index in [2.05, 4.69) is 17.4 Å². The van der Waals surface area contributed by atoms with Gasteiger partial charge in [0.25, 0.3) is 0 Å². The fraction of sp³-hybridized carbons (Fsp3) is 0.619. The van der Waals surface area contributed by atoms with E-state index in [1.807, 2.05) is 39.8 Å². The van der Waals surface area contributed by atoms with E-state index < -0.39 is 0 Å². The normalized spacial score (nSPS) is 15.2. The first-order valence-electron chi connectivity index (χ1n) is 9.60. The summed E-state index contributed by atoms with van der Waals surface area (Å²) in [5.74, 6) is 0.00516. The third-order valence-corrected chi connectivity index (χ3v) is 5.28. The minimum Gasteiger partial charge on any atom is -0.342 e. The van der Waals surface area contributed by atoms with Crippen LogP contribution in [0.4, 0.5) is 5.69 Å². The molecule has 1 aliphatic rings. The van der Waals surface area contributed by atoms with Gasteiger partial charge in [0.05, 0.1) is 13.1 Å². The summed E-state index contributed by atoms with van der Waals surface area (Å²) < 4.78 is 0. The average Bonchev–Trinajstić information content (AvgIpc) is 2.58. The van der Waals surface area contributed by atoms with Gasteiger partial charge in [0.15, 0.2) is 0 Å². The number of nitrogens with zero attached hydrogens (tertiary/aromatic N) is 2. The van der Waals surface area contributed by atoms with Gasteiger partial charge in [0.2, 0.25) is 11.8 Å². The Bertz CT molecular complexity index is 628. The van der Waals surface area contributed by atoms with Crippen LogP contribution in [-0.2, 0) is 9.59 Å². The topological polar surface area (TPSA) is 52.7 Å². The van der Waals surface area contributed by atoms with Crippen LogP contribution in [0.15, 0.2) is 12.1 Å². The van der Waals surface area contributed by atoms with E-state index in [4.69, 9.17) is 0 Å². The maximum absolute atomic E-state index is 12.5. The molecule has 0 heterocycles. The number of anilines is 1. The molecule has 1 N–H and O–H groups in total. The molecular weight excluding hydrogens is 326 g/mol. The van der Waals surface area contributed by atoms with Crippen molar-refractivity contribution in [1.82, 2.24) is 9.80 Å². The minimum absolute atomic E-state index is 0.0873. The van der Waals surface area contributed by atoms with Crippen molar-refractivity contribution in [2.45, 2.75) is 58.9 Å². The summed E-state index contributed by atoms with van der Waals surface area (Å²) in [7, 11) is 3.71. The predicted molar refractivity (Wildman–Crippen MR) is 106 cm³/mol. The molecule has 0 atom stereocenters. The van der Waals surface area contributed by atoms with Crippen LogP contribution < -0.4 is 5.32 Å². The van der Waals surface area contributed by atoms with Crippen LogP contribution >= 0.6 is 0 Å². The molecule has 1 aliphatic carbocycles. The van der Waals surface area contributed by atoms with Crippen molar-refractivity contribution in [3.8, 4) is 0 Å². The lowest BCUT2D eigenvalue weighted by Crippen LogP contribution is -2.44. The number of likely N-dealkylation sites (N-methyl/N-ethyl adjacent to an activating group) is 2. The standard InChI is InChI=1S/C21H33N3O2/c1-15-11-16(2)21(17(3)12-15)22-19(25)13-23(4)14-20(26)24(5)18-9-7-6-8-10-18/h11-12,18H,6-10,13-14H2,1-5H3,(H,22,25). The number of carbonyl (C=O) groups excluding carboxylic acids is 2. The summed E-state index contributed by atoms with van der Waals surface area (Å²) in [6, 6.07) is 4.49. The van der Waals surface area contributed by atoms with Crippen molar-refractivity contribution in [3.05, 3.63) is 28.8 Å². The molecule has 0 bridgehead atoms. The molecule has 1 aromatic carbocycles. The van der Waals surface area contributed by atoms with E-state index in [-0.39, 0.29) is 24.9 Å². The third-order valence-electron chi connectivity index (χ3n) is 5.28. The summed E-state index contributed by atoms with van der Waals surface area (Å²) in [6.45, 7) is 6.53. The zero-order valence-corrected chi connectivity index (χ0v) is 16.9. The van der Waals surface area contributed by atoms with Crippen LogP contribution in [0.3, 0.4) is 0 Å². The highest BCUT2D eigenvalue weighted by Crippen LogP contribution is 2.22. The minimum atomic E-state index is -0.0873. The van der Waals surface area contributed by atoms with E-state index in [1.165, 1.54) is 24.8 Å². The molecule has 144 valence electrons. The number of hydrogen-bond donors (Lipinski definition) is 1. The first kappa shape index (κ1) is 20.4. The summed E-state index contributed by atoms with van der Waals surface area (Å²) in [6.07, 6.45) is 5.87. The van der Waals surface area contributed by atoms with E-state index in [1.54, 1.807) is 4.90 Å². The lowest BCUT2D eigenvalue weighted by molar-refractivity contribution is -0.133. The summed E-state index contributed by atoms with van der Waals surface area (Å²) in [5.41, 5.74) is 4.18. The Morgan fingerprint density at radius 2 is 1.58 bits per heavy atom. The van der Waals surface area contributed by atoms with E-state index >= 15 is 0 Å². The van der Waals surface area contributed by atoms with Crippen LogP contribution in [0.1, 0.15) is 48.8 Å². The van der Waals surface area contributed by atoms with Gasteiger partial charge in [-0.1, -0.05) is 37.0 Å². The van der Waals surface area contributed by atoms with Gasteiger partial charge in [0, 0.05) is 18.8 Å². The molecule has 0 spiro atoms. The number of hydrogen-bond acceptors (Lipinski definition) is 3. The van der Waals surface area contributed by atoms with Gasteiger partial charge >= 0.3 is 0 Å². The molecule has 0 aromatic heterocycles. The quantitative estimate of drug-likeness (QED) is 0.848. The molecule has 0 unspecified atom stereocenters. The Hall–Kier alpha value is -1.88. The van der Waals surface area contributed by atoms with Crippen LogP contribution in [0.25, 0.3) is 0 Å². The second-order valence-corrected chi connectivity index (χ2v) is 7.79. The van der Waals surface area contributed by atoms with E-state index in [0.717, 1.165) is 29.7 Å². The van der Waals surface area contributed by atoms with Crippen molar-refractivity contribution in [3.63, 3.8) is 0 Å². The van der Waals surface area contributed by atoms with Gasteiger partial charge < -0.3 is 10.2 Å². The van der Waals surface area contributed by atoms with Crippen molar-refractivity contribution in [2.24, 2.45) is 0 Å². The third kappa shape index (κ3) is 5.56. The molecule has 0 aliphatic heterocycles. The van der Waals surface area contributed by atoms with Crippen molar-refractivity contribution < 1.29 is 9.59 Å². The molecule has 1 aromatic rings. The largest absolute Gasteiger partial charge is 0.342 e. The lowest BCUT2D eigenvalue weighted by atomic mass is 9.94. The van der Waals surface area contributed by atoms with E-state index in [9.17, 15) is 9.59 Å². The Morgan fingerprint density at radius 1 is 1.00 bits per heavy atom. The zero-order valence-electron chi connectivity index (χ0n) is 16.9. The number of benzene rings is 1. The Balaban J connectivity index is 1.86. The second-order valence-electron chi connectivity index (χ2n) is 7.79. The highest BCUT2D eigenvalue weighted by atomic mass is 16.2. The maximum atomic E-state index is 12.5. The number of rotatable bonds is 6.